The van der Waals surface area contributed by atoms with Crippen LogP contribution >= 0.6 is 0 Å². The Labute approximate surface area is 116 Å². The zero-order chi connectivity index (χ0) is 13.5. The van der Waals surface area contributed by atoms with Crippen LogP contribution in [-0.4, -0.2) is 39.6 Å². The summed E-state index contributed by atoms with van der Waals surface area (Å²) in [4.78, 5) is 11.6. The van der Waals surface area contributed by atoms with E-state index < -0.39 is 0 Å². The van der Waals surface area contributed by atoms with E-state index >= 15 is 0 Å². The lowest BCUT2D eigenvalue weighted by Gasteiger charge is -2.15. The summed E-state index contributed by atoms with van der Waals surface area (Å²) in [6.07, 6.45) is 4.63. The normalized spacial score (nSPS) is 19.9. The number of likely N-dealkylation sites (N-methyl/N-ethyl adjacent to an activating group) is 1. The summed E-state index contributed by atoms with van der Waals surface area (Å²) in [5.74, 6) is 1.68. The van der Waals surface area contributed by atoms with E-state index in [0.717, 1.165) is 42.3 Å². The van der Waals surface area contributed by atoms with Crippen LogP contribution in [0.4, 0.5) is 0 Å². The molecule has 0 bridgehead atoms. The standard InChI is InChI=1S/C15H16N4O/c1-18-8-6-11(10-18)19-14-12(4-2-7-16-14)17-15(19)13-5-3-9-20-13/h2-5,7,9,11H,6,8,10H2,1H3. The molecule has 5 nitrogen and oxygen atoms in total. The molecule has 0 aromatic carbocycles. The average molecular weight is 268 g/mol. The third-order valence-corrected chi connectivity index (χ3v) is 3.92. The van der Waals surface area contributed by atoms with Crippen molar-refractivity contribution in [1.82, 2.24) is 19.4 Å². The molecule has 3 aromatic heterocycles. The van der Waals surface area contributed by atoms with E-state index in [1.807, 2.05) is 30.5 Å². The van der Waals surface area contributed by atoms with Gasteiger partial charge in [0.25, 0.3) is 0 Å². The van der Waals surface area contributed by atoms with Crippen LogP contribution in [0.1, 0.15) is 12.5 Å². The van der Waals surface area contributed by atoms with Crippen molar-refractivity contribution >= 4 is 11.2 Å². The van der Waals surface area contributed by atoms with E-state index in [0.29, 0.717) is 6.04 Å². The summed E-state index contributed by atoms with van der Waals surface area (Å²) in [6.45, 7) is 2.13. The number of furan rings is 1. The van der Waals surface area contributed by atoms with E-state index in [-0.39, 0.29) is 0 Å². The molecule has 5 heteroatoms. The van der Waals surface area contributed by atoms with E-state index in [1.165, 1.54) is 0 Å². The second-order valence-electron chi connectivity index (χ2n) is 5.33. The minimum atomic E-state index is 0.403. The Morgan fingerprint density at radius 1 is 1.30 bits per heavy atom. The first-order chi connectivity index (χ1) is 9.83. The smallest absolute Gasteiger partial charge is 0.178 e. The maximum absolute atomic E-state index is 5.55. The molecule has 4 rings (SSSR count). The molecule has 0 N–H and O–H groups in total. The van der Waals surface area contributed by atoms with Gasteiger partial charge in [0, 0.05) is 12.7 Å². The number of pyridine rings is 1. The molecule has 0 saturated carbocycles. The zero-order valence-electron chi connectivity index (χ0n) is 11.4. The van der Waals surface area contributed by atoms with E-state index in [1.54, 1.807) is 6.26 Å². The fourth-order valence-corrected chi connectivity index (χ4v) is 2.98. The molecule has 3 aromatic rings. The third-order valence-electron chi connectivity index (χ3n) is 3.92. The van der Waals surface area contributed by atoms with Gasteiger partial charge >= 0.3 is 0 Å². The Kier molecular flexibility index (Phi) is 2.60. The largest absolute Gasteiger partial charge is 0.461 e. The Balaban J connectivity index is 1.93. The van der Waals surface area contributed by atoms with Crippen LogP contribution < -0.4 is 0 Å². The average Bonchev–Trinajstić information content (AvgIpc) is 3.16. The minimum Gasteiger partial charge on any atom is -0.461 e. The van der Waals surface area contributed by atoms with Crippen molar-refractivity contribution in [3.05, 3.63) is 36.7 Å². The van der Waals surface area contributed by atoms with Crippen molar-refractivity contribution in [2.24, 2.45) is 0 Å². The summed E-state index contributed by atoms with van der Waals surface area (Å²) in [5.41, 5.74) is 1.87. The van der Waals surface area contributed by atoms with Gasteiger partial charge in [0.15, 0.2) is 17.2 Å². The van der Waals surface area contributed by atoms with Crippen molar-refractivity contribution in [2.45, 2.75) is 12.5 Å². The molecular weight excluding hydrogens is 252 g/mol. The van der Waals surface area contributed by atoms with Crippen LogP contribution in [0.25, 0.3) is 22.7 Å². The molecule has 102 valence electrons. The molecule has 0 amide bonds. The van der Waals surface area contributed by atoms with E-state index in [9.17, 15) is 0 Å². The number of nitrogens with zero attached hydrogens (tertiary/aromatic N) is 4. The molecule has 20 heavy (non-hydrogen) atoms. The number of likely N-dealkylation sites (tertiary alicyclic amines) is 1. The van der Waals surface area contributed by atoms with Crippen LogP contribution in [0.2, 0.25) is 0 Å². The fraction of sp³-hybridized carbons (Fsp3) is 0.333. The summed E-state index contributed by atoms with van der Waals surface area (Å²) >= 11 is 0. The maximum atomic E-state index is 5.55. The number of rotatable bonds is 2. The molecule has 1 saturated heterocycles. The summed E-state index contributed by atoms with van der Waals surface area (Å²) in [5, 5.41) is 0. The highest BCUT2D eigenvalue weighted by Crippen LogP contribution is 2.31. The Morgan fingerprint density at radius 3 is 3.00 bits per heavy atom. The molecule has 1 aliphatic heterocycles. The van der Waals surface area contributed by atoms with Gasteiger partial charge in [0.2, 0.25) is 0 Å². The number of hydrogen-bond acceptors (Lipinski definition) is 4. The first-order valence-electron chi connectivity index (χ1n) is 6.88. The van der Waals surface area contributed by atoms with Gasteiger partial charge < -0.3 is 13.9 Å². The minimum absolute atomic E-state index is 0.403. The van der Waals surface area contributed by atoms with Crippen LogP contribution in [-0.2, 0) is 0 Å². The topological polar surface area (TPSA) is 47.1 Å². The van der Waals surface area contributed by atoms with Gasteiger partial charge in [0.05, 0.1) is 12.3 Å². The van der Waals surface area contributed by atoms with Crippen LogP contribution in [0.15, 0.2) is 41.1 Å². The highest BCUT2D eigenvalue weighted by molar-refractivity contribution is 5.76. The van der Waals surface area contributed by atoms with Gasteiger partial charge in [-0.05, 0) is 44.3 Å². The van der Waals surface area contributed by atoms with Crippen LogP contribution in [0, 0.1) is 0 Å². The fourth-order valence-electron chi connectivity index (χ4n) is 2.98. The lowest BCUT2D eigenvalue weighted by atomic mass is 10.2. The van der Waals surface area contributed by atoms with Crippen LogP contribution in [0.5, 0.6) is 0 Å². The zero-order valence-corrected chi connectivity index (χ0v) is 11.4. The van der Waals surface area contributed by atoms with Crippen LogP contribution in [0.3, 0.4) is 0 Å². The predicted molar refractivity (Wildman–Crippen MR) is 76.4 cm³/mol. The molecule has 1 aliphatic rings. The summed E-state index contributed by atoms with van der Waals surface area (Å²) < 4.78 is 7.79. The maximum Gasteiger partial charge on any atom is 0.178 e. The van der Waals surface area contributed by atoms with Gasteiger partial charge in [-0.25, -0.2) is 9.97 Å². The second-order valence-corrected chi connectivity index (χ2v) is 5.33. The van der Waals surface area contributed by atoms with Gasteiger partial charge in [0.1, 0.15) is 5.52 Å². The van der Waals surface area contributed by atoms with Crippen molar-refractivity contribution in [2.75, 3.05) is 20.1 Å². The highest BCUT2D eigenvalue weighted by atomic mass is 16.3. The highest BCUT2D eigenvalue weighted by Gasteiger charge is 2.27. The van der Waals surface area contributed by atoms with Crippen molar-refractivity contribution in [3.63, 3.8) is 0 Å². The third kappa shape index (κ3) is 1.74. The summed E-state index contributed by atoms with van der Waals surface area (Å²) in [7, 11) is 2.15. The first-order valence-corrected chi connectivity index (χ1v) is 6.88. The quantitative estimate of drug-likeness (QED) is 0.716. The number of imidazole rings is 1. The lowest BCUT2D eigenvalue weighted by Crippen LogP contribution is -2.17. The molecule has 1 fully saturated rings. The van der Waals surface area contributed by atoms with Crippen molar-refractivity contribution in [1.29, 1.82) is 0 Å². The molecule has 0 radical (unpaired) electrons. The predicted octanol–water partition coefficient (Wildman–Crippen LogP) is 2.57. The van der Waals surface area contributed by atoms with E-state index in [4.69, 9.17) is 9.40 Å². The Morgan fingerprint density at radius 2 is 2.25 bits per heavy atom. The van der Waals surface area contributed by atoms with Gasteiger partial charge in [-0.2, -0.15) is 0 Å². The Bertz CT molecular complexity index is 732. The van der Waals surface area contributed by atoms with Gasteiger partial charge in [-0.15, -0.1) is 0 Å². The molecule has 1 unspecified atom stereocenters. The molecular formula is C15H16N4O. The molecule has 0 spiro atoms. The first kappa shape index (κ1) is 11.7. The molecule has 4 heterocycles. The van der Waals surface area contributed by atoms with E-state index in [2.05, 4.69) is 21.5 Å². The monoisotopic (exact) mass is 268 g/mol. The summed E-state index contributed by atoms with van der Waals surface area (Å²) in [6, 6.07) is 8.18. The Hall–Kier alpha value is -2.14. The number of fused-ring (bicyclic) bond motifs is 1. The number of hydrogen-bond donors (Lipinski definition) is 0. The second kappa shape index (κ2) is 4.45. The lowest BCUT2D eigenvalue weighted by molar-refractivity contribution is 0.394. The van der Waals surface area contributed by atoms with Crippen molar-refractivity contribution < 1.29 is 4.42 Å². The van der Waals surface area contributed by atoms with Crippen molar-refractivity contribution in [3.8, 4) is 11.6 Å². The molecule has 0 aliphatic carbocycles. The molecule has 1 atom stereocenters. The SMILES string of the molecule is CN1CCC(n2c(-c3ccco3)nc3cccnc32)C1. The number of aromatic nitrogens is 3. The van der Waals surface area contributed by atoms with Gasteiger partial charge in [-0.1, -0.05) is 0 Å². The van der Waals surface area contributed by atoms with Gasteiger partial charge in [-0.3, -0.25) is 0 Å².